The molecule has 5 heteroatoms. The van der Waals surface area contributed by atoms with Crippen LogP contribution in [0.4, 0.5) is 4.39 Å². The maximum Gasteiger partial charge on any atom is 0.169 e. The Kier molecular flexibility index (Phi) is 4.67. The molecule has 3 nitrogen and oxygen atoms in total. The van der Waals surface area contributed by atoms with Gasteiger partial charge >= 0.3 is 0 Å². The lowest BCUT2D eigenvalue weighted by Gasteiger charge is -2.38. The fourth-order valence-corrected chi connectivity index (χ4v) is 5.07. The minimum Gasteiger partial charge on any atom is -0.375 e. The molecule has 0 radical (unpaired) electrons. The highest BCUT2D eigenvalue weighted by molar-refractivity contribution is 8.14. The molecular weight excluding hydrogens is 349 g/mol. The molecule has 0 aromatic heterocycles. The van der Waals surface area contributed by atoms with E-state index in [1.165, 1.54) is 6.07 Å². The molecule has 2 aromatic rings. The predicted octanol–water partition coefficient (Wildman–Crippen LogP) is 4.47. The van der Waals surface area contributed by atoms with Crippen LogP contribution in [0.2, 0.25) is 0 Å². The van der Waals surface area contributed by atoms with Crippen LogP contribution < -0.4 is 0 Å². The monoisotopic (exact) mass is 369 g/mol. The van der Waals surface area contributed by atoms with Gasteiger partial charge < -0.3 is 4.74 Å². The van der Waals surface area contributed by atoms with Crippen molar-refractivity contribution in [2.75, 3.05) is 12.4 Å². The van der Waals surface area contributed by atoms with Gasteiger partial charge in [0.1, 0.15) is 11.4 Å². The molecule has 2 aliphatic rings. The number of hydrogen-bond donors (Lipinski definition) is 0. The molecule has 0 unspecified atom stereocenters. The van der Waals surface area contributed by atoms with E-state index in [9.17, 15) is 9.18 Å². The van der Waals surface area contributed by atoms with Gasteiger partial charge in [-0.1, -0.05) is 48.5 Å². The van der Waals surface area contributed by atoms with Crippen molar-refractivity contribution < 1.29 is 13.9 Å². The maximum absolute atomic E-state index is 14.6. The Morgan fingerprint density at radius 2 is 1.96 bits per heavy atom. The number of rotatable bonds is 4. The molecule has 1 saturated heterocycles. The Morgan fingerprint density at radius 3 is 2.73 bits per heavy atom. The zero-order valence-electron chi connectivity index (χ0n) is 14.5. The molecule has 2 heterocycles. The highest BCUT2D eigenvalue weighted by Gasteiger charge is 2.54. The quantitative estimate of drug-likeness (QED) is 0.746. The lowest BCUT2D eigenvalue weighted by Crippen LogP contribution is -2.43. The number of nitrogens with zero attached hydrogens (tertiary/aromatic N) is 1. The molecule has 0 bridgehead atoms. The first-order valence-electron chi connectivity index (χ1n) is 8.77. The van der Waals surface area contributed by atoms with Crippen LogP contribution in [-0.4, -0.2) is 29.3 Å². The molecule has 2 aliphatic heterocycles. The van der Waals surface area contributed by atoms with Crippen LogP contribution in [0.15, 0.2) is 59.6 Å². The molecule has 2 aromatic carbocycles. The first-order valence-corrected chi connectivity index (χ1v) is 9.76. The number of halogens is 1. The van der Waals surface area contributed by atoms with E-state index in [1.54, 1.807) is 23.9 Å². The van der Waals surface area contributed by atoms with Crippen LogP contribution >= 0.6 is 11.8 Å². The number of Topliss-reactive ketones (excluding diaryl/α,β-unsaturated/α-hetero) is 1. The summed E-state index contributed by atoms with van der Waals surface area (Å²) in [5.74, 6) is 0.652. The third-order valence-corrected chi connectivity index (χ3v) is 6.40. The zero-order valence-corrected chi connectivity index (χ0v) is 15.3. The Balaban J connectivity index is 1.71. The van der Waals surface area contributed by atoms with Gasteiger partial charge in [0.2, 0.25) is 0 Å². The normalized spacial score (nSPS) is 27.7. The van der Waals surface area contributed by atoms with Crippen LogP contribution in [0.5, 0.6) is 0 Å². The average molecular weight is 369 g/mol. The van der Waals surface area contributed by atoms with Gasteiger partial charge in [0.15, 0.2) is 5.78 Å². The van der Waals surface area contributed by atoms with E-state index in [4.69, 9.17) is 9.73 Å². The fourth-order valence-electron chi connectivity index (χ4n) is 3.88. The number of ketones is 1. The molecule has 0 saturated carbocycles. The number of carbonyl (C=O) groups excluding carboxylic acids is 1. The smallest absolute Gasteiger partial charge is 0.169 e. The first kappa shape index (κ1) is 17.4. The molecule has 134 valence electrons. The van der Waals surface area contributed by atoms with Crippen molar-refractivity contribution >= 4 is 22.6 Å². The van der Waals surface area contributed by atoms with Crippen molar-refractivity contribution in [1.29, 1.82) is 0 Å². The van der Waals surface area contributed by atoms with Crippen molar-refractivity contribution in [1.82, 2.24) is 0 Å². The van der Waals surface area contributed by atoms with E-state index in [1.807, 2.05) is 43.3 Å². The van der Waals surface area contributed by atoms with Crippen molar-refractivity contribution in [2.24, 2.45) is 10.9 Å². The summed E-state index contributed by atoms with van der Waals surface area (Å²) in [5, 5.41) is 0.760. The first-order chi connectivity index (χ1) is 12.6. The second-order valence-corrected chi connectivity index (χ2v) is 7.85. The van der Waals surface area contributed by atoms with Gasteiger partial charge in [-0.15, -0.1) is 11.8 Å². The average Bonchev–Trinajstić information content (AvgIpc) is 3.00. The van der Waals surface area contributed by atoms with Crippen molar-refractivity contribution in [2.45, 2.75) is 25.0 Å². The van der Waals surface area contributed by atoms with Gasteiger partial charge in [0.25, 0.3) is 0 Å². The van der Waals surface area contributed by atoms with Gasteiger partial charge in [-0.3, -0.25) is 9.79 Å². The van der Waals surface area contributed by atoms with Crippen molar-refractivity contribution in [3.8, 4) is 0 Å². The molecule has 1 fully saturated rings. The minimum atomic E-state index is -0.747. The second-order valence-electron chi connectivity index (χ2n) is 6.76. The molecular formula is C21H20FNO2S. The molecule has 0 N–H and O–H groups in total. The van der Waals surface area contributed by atoms with Gasteiger partial charge in [-0.05, 0) is 13.0 Å². The third kappa shape index (κ3) is 2.89. The molecule has 0 amide bonds. The summed E-state index contributed by atoms with van der Waals surface area (Å²) in [5.41, 5.74) is 0.497. The lowest BCUT2D eigenvalue weighted by atomic mass is 9.77. The number of hydrogen-bond acceptors (Lipinski definition) is 4. The van der Waals surface area contributed by atoms with Crippen LogP contribution in [-0.2, 0) is 10.3 Å². The number of thioether (sulfide) groups is 1. The summed E-state index contributed by atoms with van der Waals surface area (Å²) in [6, 6.07) is 16.0. The summed E-state index contributed by atoms with van der Waals surface area (Å²) in [7, 11) is 0. The highest BCUT2D eigenvalue weighted by atomic mass is 32.2. The SMILES string of the molecule is C[C@H]1OC[C@H]2CSC(CC(=O)c3ccccc3)=N[C@]21c1ccccc1F. The minimum absolute atomic E-state index is 0.0329. The third-order valence-electron chi connectivity index (χ3n) is 5.26. The maximum atomic E-state index is 14.6. The molecule has 26 heavy (non-hydrogen) atoms. The predicted molar refractivity (Wildman–Crippen MR) is 102 cm³/mol. The van der Waals surface area contributed by atoms with Crippen molar-refractivity contribution in [3.05, 3.63) is 71.5 Å². The summed E-state index contributed by atoms with van der Waals surface area (Å²) >= 11 is 1.59. The Bertz CT molecular complexity index is 854. The Morgan fingerprint density at radius 1 is 1.23 bits per heavy atom. The highest BCUT2D eigenvalue weighted by Crippen LogP contribution is 2.49. The van der Waals surface area contributed by atoms with E-state index in [2.05, 4.69) is 0 Å². The van der Waals surface area contributed by atoms with Gasteiger partial charge in [0, 0.05) is 22.8 Å². The van der Waals surface area contributed by atoms with Crippen LogP contribution in [0.25, 0.3) is 0 Å². The number of carbonyl (C=O) groups is 1. The number of benzene rings is 2. The van der Waals surface area contributed by atoms with Crippen molar-refractivity contribution in [3.63, 3.8) is 0 Å². The Labute approximate surface area is 156 Å². The molecule has 0 spiro atoms. The molecule has 0 aliphatic carbocycles. The van der Waals surface area contributed by atoms with Crippen LogP contribution in [0.1, 0.15) is 29.3 Å². The Hall–Kier alpha value is -1.98. The van der Waals surface area contributed by atoms with E-state index in [0.717, 1.165) is 10.8 Å². The summed E-state index contributed by atoms with van der Waals surface area (Å²) in [6.45, 7) is 2.51. The number of ether oxygens (including phenoxy) is 1. The largest absolute Gasteiger partial charge is 0.375 e. The van der Waals surface area contributed by atoms with Crippen LogP contribution in [0, 0.1) is 11.7 Å². The summed E-state index contributed by atoms with van der Waals surface area (Å²) < 4.78 is 20.5. The summed E-state index contributed by atoms with van der Waals surface area (Å²) in [6.07, 6.45) is 0.0109. The topological polar surface area (TPSA) is 38.7 Å². The van der Waals surface area contributed by atoms with Gasteiger partial charge in [-0.2, -0.15) is 0 Å². The number of fused-ring (bicyclic) bond motifs is 1. The van der Waals surface area contributed by atoms with E-state index in [0.29, 0.717) is 17.7 Å². The van der Waals surface area contributed by atoms with E-state index >= 15 is 0 Å². The summed E-state index contributed by atoms with van der Waals surface area (Å²) in [4.78, 5) is 17.5. The fraction of sp³-hybridized carbons (Fsp3) is 0.333. The van der Waals surface area contributed by atoms with Crippen LogP contribution in [0.3, 0.4) is 0 Å². The van der Waals surface area contributed by atoms with E-state index < -0.39 is 5.54 Å². The van der Waals surface area contributed by atoms with Gasteiger partial charge in [0.05, 0.1) is 24.2 Å². The zero-order chi connectivity index (χ0) is 18.1. The molecule has 3 atom stereocenters. The second kappa shape index (κ2) is 6.97. The van der Waals surface area contributed by atoms with Gasteiger partial charge in [-0.25, -0.2) is 4.39 Å². The molecule has 4 rings (SSSR count). The lowest BCUT2D eigenvalue weighted by molar-refractivity contribution is 0.0944. The number of aliphatic imine (C=N–C) groups is 1. The van der Waals surface area contributed by atoms with E-state index in [-0.39, 0.29) is 30.0 Å². The standard InChI is InChI=1S/C21H20FNO2S/c1-14-21(17-9-5-6-10-18(17)22)16(12-25-14)13-26-20(23-21)11-19(24)15-7-3-2-4-8-15/h2-10,14,16H,11-13H2,1H3/t14-,16+,21+/m1/s1.